The standard InChI is InChI=1S/C26H27N5O3/c32-23-15-19-16-27-26(28-20-7-3-6-18(14-20)25(33)34)30-24(19)21-13-17(8-9-22(21)29-23)5-4-12-31-10-1-2-11-31/h3,6-9,13-14,16H,1-2,4-5,10-12,15H2,(H,29,32)(H,33,34)(H,27,28,30). The predicted octanol–water partition coefficient (Wildman–Crippen LogP) is 4.11. The fourth-order valence-corrected chi connectivity index (χ4v) is 4.62. The highest BCUT2D eigenvalue weighted by molar-refractivity contribution is 6.00. The number of hydrogen-bond donors (Lipinski definition) is 3. The SMILES string of the molecule is O=C1Cc2cnc(Nc3cccc(C(=O)O)c3)nc2-c2cc(CCCN3CCCC3)ccc2N1. The molecule has 0 unspecified atom stereocenters. The van der Waals surface area contributed by atoms with Crippen molar-refractivity contribution in [1.82, 2.24) is 14.9 Å². The second kappa shape index (κ2) is 9.61. The molecule has 8 nitrogen and oxygen atoms in total. The zero-order chi connectivity index (χ0) is 23.5. The average molecular weight is 458 g/mol. The van der Waals surface area contributed by atoms with Crippen molar-refractivity contribution in [3.63, 3.8) is 0 Å². The average Bonchev–Trinajstić information content (AvgIpc) is 3.30. The minimum Gasteiger partial charge on any atom is -0.478 e. The molecular weight excluding hydrogens is 430 g/mol. The zero-order valence-corrected chi connectivity index (χ0v) is 18.9. The molecule has 0 radical (unpaired) electrons. The molecule has 174 valence electrons. The van der Waals surface area contributed by atoms with Crippen LogP contribution < -0.4 is 10.6 Å². The van der Waals surface area contributed by atoms with Gasteiger partial charge in [0.05, 0.1) is 23.4 Å². The number of fused-ring (bicyclic) bond motifs is 3. The number of anilines is 3. The molecule has 2 aromatic carbocycles. The molecule has 2 aliphatic heterocycles. The van der Waals surface area contributed by atoms with E-state index in [4.69, 9.17) is 4.98 Å². The summed E-state index contributed by atoms with van der Waals surface area (Å²) in [6.07, 6.45) is 6.52. The van der Waals surface area contributed by atoms with E-state index in [2.05, 4.69) is 32.7 Å². The molecule has 1 amide bonds. The van der Waals surface area contributed by atoms with Crippen molar-refractivity contribution < 1.29 is 14.7 Å². The van der Waals surface area contributed by atoms with Crippen LogP contribution in [0, 0.1) is 0 Å². The lowest BCUT2D eigenvalue weighted by Gasteiger charge is -2.15. The molecule has 34 heavy (non-hydrogen) atoms. The van der Waals surface area contributed by atoms with Crippen molar-refractivity contribution in [3.8, 4) is 11.3 Å². The fraction of sp³-hybridized carbons (Fsp3) is 0.308. The van der Waals surface area contributed by atoms with Crippen molar-refractivity contribution in [2.45, 2.75) is 32.1 Å². The third-order valence-electron chi connectivity index (χ3n) is 6.33. The lowest BCUT2D eigenvalue weighted by molar-refractivity contribution is -0.115. The first-order valence-electron chi connectivity index (χ1n) is 11.7. The number of aryl methyl sites for hydroxylation is 1. The largest absolute Gasteiger partial charge is 0.478 e. The zero-order valence-electron chi connectivity index (χ0n) is 18.9. The van der Waals surface area contributed by atoms with Crippen LogP contribution in [0.25, 0.3) is 11.3 Å². The van der Waals surface area contributed by atoms with E-state index in [0.29, 0.717) is 17.3 Å². The molecule has 8 heteroatoms. The van der Waals surface area contributed by atoms with Crippen molar-refractivity contribution in [1.29, 1.82) is 0 Å². The van der Waals surface area contributed by atoms with Crippen LogP contribution in [0.4, 0.5) is 17.3 Å². The van der Waals surface area contributed by atoms with Gasteiger partial charge in [-0.15, -0.1) is 0 Å². The number of likely N-dealkylation sites (tertiary alicyclic amines) is 1. The van der Waals surface area contributed by atoms with Crippen LogP contribution in [0.2, 0.25) is 0 Å². The molecule has 0 spiro atoms. The molecule has 0 aliphatic carbocycles. The van der Waals surface area contributed by atoms with Gasteiger partial charge >= 0.3 is 5.97 Å². The minimum atomic E-state index is -0.998. The van der Waals surface area contributed by atoms with Gasteiger partial charge in [-0.1, -0.05) is 12.1 Å². The molecule has 3 heterocycles. The van der Waals surface area contributed by atoms with Gasteiger partial charge in [0.2, 0.25) is 11.9 Å². The molecular formula is C26H27N5O3. The van der Waals surface area contributed by atoms with Crippen molar-refractivity contribution in [2.75, 3.05) is 30.3 Å². The van der Waals surface area contributed by atoms with Gasteiger partial charge in [0.15, 0.2) is 0 Å². The Bertz CT molecular complexity index is 1240. The molecule has 2 aliphatic rings. The fourth-order valence-electron chi connectivity index (χ4n) is 4.62. The summed E-state index contributed by atoms with van der Waals surface area (Å²) in [4.78, 5) is 35.4. The first kappa shape index (κ1) is 22.0. The Labute approximate surface area is 198 Å². The predicted molar refractivity (Wildman–Crippen MR) is 130 cm³/mol. The van der Waals surface area contributed by atoms with Gasteiger partial charge in [-0.25, -0.2) is 14.8 Å². The summed E-state index contributed by atoms with van der Waals surface area (Å²) in [5.41, 5.74) is 5.06. The Hall–Kier alpha value is -3.78. The van der Waals surface area contributed by atoms with E-state index < -0.39 is 5.97 Å². The Kier molecular flexibility index (Phi) is 6.22. The summed E-state index contributed by atoms with van der Waals surface area (Å²) < 4.78 is 0. The van der Waals surface area contributed by atoms with E-state index in [1.54, 1.807) is 18.3 Å². The van der Waals surface area contributed by atoms with Crippen LogP contribution in [-0.4, -0.2) is 51.5 Å². The van der Waals surface area contributed by atoms with Gasteiger partial charge in [0.1, 0.15) is 0 Å². The highest BCUT2D eigenvalue weighted by Gasteiger charge is 2.22. The summed E-state index contributed by atoms with van der Waals surface area (Å²) in [5.74, 6) is -0.747. The third kappa shape index (κ3) is 4.92. The Balaban J connectivity index is 1.42. The number of benzene rings is 2. The maximum atomic E-state index is 12.4. The molecule has 5 rings (SSSR count). The number of nitrogens with one attached hydrogen (secondary N) is 2. The Morgan fingerprint density at radius 3 is 2.82 bits per heavy atom. The second-order valence-corrected chi connectivity index (χ2v) is 8.84. The van der Waals surface area contributed by atoms with Gasteiger partial charge in [-0.3, -0.25) is 4.79 Å². The van der Waals surface area contributed by atoms with Gasteiger partial charge in [-0.2, -0.15) is 0 Å². The summed E-state index contributed by atoms with van der Waals surface area (Å²) in [6.45, 7) is 3.51. The number of aromatic carboxylic acids is 1. The number of carboxylic acid groups (broad SMARTS) is 1. The highest BCUT2D eigenvalue weighted by atomic mass is 16.4. The van der Waals surface area contributed by atoms with Crippen LogP contribution in [0.5, 0.6) is 0 Å². The maximum absolute atomic E-state index is 12.4. The smallest absolute Gasteiger partial charge is 0.335 e. The number of carbonyl (C=O) groups excluding carboxylic acids is 1. The number of nitrogens with zero attached hydrogens (tertiary/aromatic N) is 3. The van der Waals surface area contributed by atoms with Gasteiger partial charge in [0.25, 0.3) is 0 Å². The monoisotopic (exact) mass is 457 g/mol. The topological polar surface area (TPSA) is 107 Å². The molecule has 1 aromatic heterocycles. The summed E-state index contributed by atoms with van der Waals surface area (Å²) in [6, 6.07) is 12.6. The first-order chi connectivity index (χ1) is 16.5. The lowest BCUT2D eigenvalue weighted by Crippen LogP contribution is -2.20. The van der Waals surface area contributed by atoms with Gasteiger partial charge in [0, 0.05) is 23.0 Å². The summed E-state index contributed by atoms with van der Waals surface area (Å²) >= 11 is 0. The third-order valence-corrected chi connectivity index (χ3v) is 6.33. The van der Waals surface area contributed by atoms with Crippen LogP contribution in [-0.2, 0) is 17.6 Å². The van der Waals surface area contributed by atoms with E-state index in [-0.39, 0.29) is 17.9 Å². The summed E-state index contributed by atoms with van der Waals surface area (Å²) in [7, 11) is 0. The van der Waals surface area contributed by atoms with Crippen LogP contribution in [0.1, 0.15) is 40.7 Å². The molecule has 1 fully saturated rings. The Morgan fingerprint density at radius 1 is 1.15 bits per heavy atom. The normalized spacial score (nSPS) is 15.2. The van der Waals surface area contributed by atoms with Crippen molar-refractivity contribution >= 4 is 29.2 Å². The van der Waals surface area contributed by atoms with E-state index in [1.165, 1.54) is 43.6 Å². The Morgan fingerprint density at radius 2 is 2.00 bits per heavy atom. The molecule has 3 N–H and O–H groups in total. The number of amides is 1. The molecule has 3 aromatic rings. The first-order valence-corrected chi connectivity index (χ1v) is 11.7. The number of aromatic nitrogens is 2. The van der Waals surface area contributed by atoms with Crippen molar-refractivity contribution in [2.24, 2.45) is 0 Å². The quantitative estimate of drug-likeness (QED) is 0.490. The second-order valence-electron chi connectivity index (χ2n) is 8.84. The molecule has 1 saturated heterocycles. The number of rotatable bonds is 7. The molecule has 0 saturated carbocycles. The van der Waals surface area contributed by atoms with Gasteiger partial charge < -0.3 is 20.6 Å². The van der Waals surface area contributed by atoms with E-state index in [0.717, 1.165) is 36.2 Å². The minimum absolute atomic E-state index is 0.0970. The maximum Gasteiger partial charge on any atom is 0.335 e. The molecule has 0 atom stereocenters. The highest BCUT2D eigenvalue weighted by Crippen LogP contribution is 2.34. The van der Waals surface area contributed by atoms with E-state index >= 15 is 0 Å². The van der Waals surface area contributed by atoms with Crippen LogP contribution in [0.3, 0.4) is 0 Å². The number of carboxylic acids is 1. The molecule has 0 bridgehead atoms. The van der Waals surface area contributed by atoms with Crippen LogP contribution >= 0.6 is 0 Å². The lowest BCUT2D eigenvalue weighted by atomic mass is 10.00. The van der Waals surface area contributed by atoms with Crippen LogP contribution in [0.15, 0.2) is 48.7 Å². The number of hydrogen-bond acceptors (Lipinski definition) is 6. The van der Waals surface area contributed by atoms with Crippen molar-refractivity contribution in [3.05, 3.63) is 65.4 Å². The summed E-state index contributed by atoms with van der Waals surface area (Å²) in [5, 5.41) is 15.3. The van der Waals surface area contributed by atoms with E-state index in [1.807, 2.05) is 6.07 Å². The van der Waals surface area contributed by atoms with E-state index in [9.17, 15) is 14.7 Å². The number of carbonyl (C=O) groups is 2. The van der Waals surface area contributed by atoms with Gasteiger partial charge in [-0.05, 0) is 81.2 Å².